The lowest BCUT2D eigenvalue weighted by molar-refractivity contribution is -0.132. The van der Waals surface area contributed by atoms with Crippen LogP contribution in [0.15, 0.2) is 60.7 Å². The van der Waals surface area contributed by atoms with Crippen LogP contribution in [0.1, 0.15) is 67.7 Å². The number of amides is 2. The zero-order valence-electron chi connectivity index (χ0n) is 23.0. The van der Waals surface area contributed by atoms with Crippen LogP contribution in [0.2, 0.25) is 0 Å². The van der Waals surface area contributed by atoms with Crippen molar-refractivity contribution < 1.29 is 18.8 Å². The number of carbonyl (C=O) groups is 2. The van der Waals surface area contributed by atoms with E-state index in [0.717, 1.165) is 19.3 Å². The molecule has 0 saturated carbocycles. The molecule has 1 fully saturated rings. The number of nitrogens with zero attached hydrogens (tertiary/aromatic N) is 1. The van der Waals surface area contributed by atoms with Gasteiger partial charge in [-0.25, -0.2) is 9.69 Å². The van der Waals surface area contributed by atoms with Gasteiger partial charge in [-0.15, -0.1) is 0 Å². The minimum atomic E-state index is -2.02. The molecule has 1 unspecified atom stereocenters. The third-order valence-electron chi connectivity index (χ3n) is 6.77. The van der Waals surface area contributed by atoms with Gasteiger partial charge in [0.05, 0.1) is 12.0 Å². The van der Waals surface area contributed by atoms with Gasteiger partial charge >= 0.3 is 6.09 Å². The second-order valence-corrected chi connectivity index (χ2v) is 14.4. The minimum Gasteiger partial charge on any atom is -0.443 e. The smallest absolute Gasteiger partial charge is 0.417 e. The molecule has 1 heterocycles. The van der Waals surface area contributed by atoms with Gasteiger partial charge in [-0.3, -0.25) is 4.79 Å². The summed E-state index contributed by atoms with van der Waals surface area (Å²) in [5.74, 6) is -0.527. The van der Waals surface area contributed by atoms with Gasteiger partial charge in [0.25, 0.3) is 0 Å². The molecule has 0 aromatic heterocycles. The Morgan fingerprint density at radius 1 is 0.917 bits per heavy atom. The van der Waals surface area contributed by atoms with Crippen molar-refractivity contribution >= 4 is 31.4 Å². The molecule has 0 spiro atoms. The summed E-state index contributed by atoms with van der Waals surface area (Å²) in [6.07, 6.45) is 2.37. The fourth-order valence-electron chi connectivity index (χ4n) is 5.29. The van der Waals surface area contributed by atoms with Crippen molar-refractivity contribution in [3.05, 3.63) is 60.7 Å². The molecule has 1 saturated heterocycles. The highest BCUT2D eigenvalue weighted by molar-refractivity contribution is 6.80. The number of ether oxygens (including phenoxy) is 1. The van der Waals surface area contributed by atoms with Crippen LogP contribution in [-0.4, -0.2) is 44.2 Å². The number of imide groups is 1. The molecule has 1 aliphatic heterocycles. The number of carbonyl (C=O) groups excluding carboxylic acids is 2. The number of unbranched alkanes of at least 4 members (excludes halogenated alkanes) is 1. The van der Waals surface area contributed by atoms with E-state index in [1.165, 1.54) is 15.3 Å². The lowest BCUT2D eigenvalue weighted by Crippen LogP contribution is -2.49. The average molecular weight is 510 g/mol. The van der Waals surface area contributed by atoms with Crippen LogP contribution in [0.4, 0.5) is 4.79 Å². The van der Waals surface area contributed by atoms with E-state index in [1.54, 1.807) is 0 Å². The molecule has 3 rings (SSSR count). The minimum absolute atomic E-state index is 0.0196. The van der Waals surface area contributed by atoms with Crippen LogP contribution >= 0.6 is 0 Å². The first kappa shape index (κ1) is 28.1. The lowest BCUT2D eigenvalue weighted by Gasteiger charge is -2.38. The molecular weight excluding hydrogens is 466 g/mol. The fraction of sp³-hybridized carbons (Fsp3) is 0.533. The van der Waals surface area contributed by atoms with E-state index in [9.17, 15) is 9.59 Å². The van der Waals surface area contributed by atoms with Gasteiger partial charge in [-0.2, -0.15) is 0 Å². The first-order valence-electron chi connectivity index (χ1n) is 13.2. The molecule has 2 amide bonds. The van der Waals surface area contributed by atoms with Crippen molar-refractivity contribution in [2.75, 3.05) is 6.61 Å². The lowest BCUT2D eigenvalue weighted by atomic mass is 9.74. The van der Waals surface area contributed by atoms with Crippen molar-refractivity contribution in [1.82, 2.24) is 4.90 Å². The maximum absolute atomic E-state index is 13.9. The molecule has 0 N–H and O–H groups in total. The van der Waals surface area contributed by atoms with Crippen LogP contribution in [0.25, 0.3) is 0 Å². The van der Waals surface area contributed by atoms with Crippen LogP contribution in [0, 0.1) is 17.3 Å². The number of likely N-dealkylation sites (tertiary alicyclic amines) is 1. The molecule has 0 aliphatic carbocycles. The molecule has 196 valence electrons. The zero-order valence-corrected chi connectivity index (χ0v) is 24.1. The van der Waals surface area contributed by atoms with Crippen molar-refractivity contribution in [3.63, 3.8) is 0 Å². The highest BCUT2D eigenvalue weighted by atomic mass is 28.3. The van der Waals surface area contributed by atoms with Gasteiger partial charge in [0.15, 0.2) is 0 Å². The molecular formula is C30H43NO4Si. The Labute approximate surface area is 218 Å². The van der Waals surface area contributed by atoms with E-state index >= 15 is 0 Å². The third-order valence-corrected chi connectivity index (χ3v) is 9.28. The topological polar surface area (TPSA) is 55.8 Å². The highest BCUT2D eigenvalue weighted by Crippen LogP contribution is 2.44. The van der Waals surface area contributed by atoms with Crippen LogP contribution in [0.5, 0.6) is 0 Å². The van der Waals surface area contributed by atoms with Crippen molar-refractivity contribution in [2.24, 2.45) is 17.3 Å². The summed E-state index contributed by atoms with van der Waals surface area (Å²) in [5, 5.41) is 2.35. The van der Waals surface area contributed by atoms with Gasteiger partial charge in [0, 0.05) is 6.61 Å². The molecule has 6 heteroatoms. The Kier molecular flexibility index (Phi) is 9.17. The second kappa shape index (κ2) is 11.7. The van der Waals surface area contributed by atoms with Crippen LogP contribution < -0.4 is 10.4 Å². The molecule has 1 aliphatic rings. The predicted octanol–water partition coefficient (Wildman–Crippen LogP) is 5.16. The summed E-state index contributed by atoms with van der Waals surface area (Å²) in [7, 11) is -2.02. The summed E-state index contributed by atoms with van der Waals surface area (Å²) >= 11 is 0. The largest absolute Gasteiger partial charge is 0.443 e. The Balaban J connectivity index is 1.95. The monoisotopic (exact) mass is 509 g/mol. The molecule has 0 bridgehead atoms. The number of hydrogen-bond donors (Lipinski definition) is 0. The van der Waals surface area contributed by atoms with Crippen molar-refractivity contribution in [2.45, 2.75) is 79.4 Å². The predicted molar refractivity (Wildman–Crippen MR) is 148 cm³/mol. The van der Waals surface area contributed by atoms with Crippen LogP contribution in [-0.2, 0) is 14.0 Å². The highest BCUT2D eigenvalue weighted by Gasteiger charge is 2.55. The molecule has 3 atom stereocenters. The first-order chi connectivity index (χ1) is 16.9. The molecule has 0 radical (unpaired) electrons. The van der Waals surface area contributed by atoms with Crippen LogP contribution in [0.3, 0.4) is 0 Å². The van der Waals surface area contributed by atoms with E-state index in [2.05, 4.69) is 52.0 Å². The molecule has 2 aromatic rings. The normalized spacial score (nSPS) is 20.7. The molecule has 36 heavy (non-hydrogen) atoms. The van der Waals surface area contributed by atoms with E-state index in [0.29, 0.717) is 6.61 Å². The van der Waals surface area contributed by atoms with Gasteiger partial charge in [0.1, 0.15) is 5.60 Å². The number of benzene rings is 2. The van der Waals surface area contributed by atoms with E-state index in [4.69, 9.17) is 9.16 Å². The third kappa shape index (κ3) is 6.86. The maximum Gasteiger partial charge on any atom is 0.417 e. The zero-order chi connectivity index (χ0) is 26.5. The quantitative estimate of drug-likeness (QED) is 0.462. The van der Waals surface area contributed by atoms with E-state index in [-0.39, 0.29) is 29.2 Å². The summed E-state index contributed by atoms with van der Waals surface area (Å²) in [6.45, 7) is 14.3. The SMILES string of the molecule is CCCC[C@H]1C(CO[SiH](c2ccccc2)c2ccccc2)C(=O)N(C(=O)OC(C)(C)C)[C@@H]1C(C)(C)C. The van der Waals surface area contributed by atoms with Gasteiger partial charge < -0.3 is 9.16 Å². The summed E-state index contributed by atoms with van der Waals surface area (Å²) < 4.78 is 12.4. The van der Waals surface area contributed by atoms with Crippen molar-refractivity contribution in [3.8, 4) is 0 Å². The van der Waals surface area contributed by atoms with E-state index < -0.39 is 20.7 Å². The Hall–Kier alpha value is -2.44. The average Bonchev–Trinajstić information content (AvgIpc) is 3.10. The number of rotatable bonds is 8. The number of hydrogen-bond acceptors (Lipinski definition) is 4. The standard InChI is InChI=1S/C30H43NO4Si/c1-8-9-20-24-25(27(32)31(26(24)29(2,3)4)28(33)35-30(5,6)7)21-34-36(22-16-12-10-13-17-22)23-18-14-11-15-19-23/h10-19,24-26,36H,8-9,20-21H2,1-7H3/t24-,25?,26-/m0/s1. The summed E-state index contributed by atoms with van der Waals surface area (Å²) in [4.78, 5) is 28.7. The van der Waals surface area contributed by atoms with Crippen molar-refractivity contribution in [1.29, 1.82) is 0 Å². The van der Waals surface area contributed by atoms with Gasteiger partial charge in [0.2, 0.25) is 14.9 Å². The van der Waals surface area contributed by atoms with Gasteiger partial charge in [-0.1, -0.05) is 101 Å². The Bertz CT molecular complexity index is 958. The Morgan fingerprint density at radius 2 is 1.44 bits per heavy atom. The first-order valence-corrected chi connectivity index (χ1v) is 14.8. The Morgan fingerprint density at radius 3 is 1.89 bits per heavy atom. The summed E-state index contributed by atoms with van der Waals surface area (Å²) in [5.41, 5.74) is -0.957. The maximum atomic E-state index is 13.9. The fourth-order valence-corrected chi connectivity index (χ4v) is 7.60. The second-order valence-electron chi connectivity index (χ2n) is 11.9. The molecule has 2 aromatic carbocycles. The van der Waals surface area contributed by atoms with E-state index in [1.807, 2.05) is 57.2 Å². The molecule has 5 nitrogen and oxygen atoms in total. The summed E-state index contributed by atoms with van der Waals surface area (Å²) in [6, 6.07) is 20.4. The van der Waals surface area contributed by atoms with Gasteiger partial charge in [-0.05, 0) is 48.9 Å².